The molecule has 0 radical (unpaired) electrons. The van der Waals surface area contributed by atoms with Gasteiger partial charge >= 0.3 is 5.97 Å². The summed E-state index contributed by atoms with van der Waals surface area (Å²) in [6.07, 6.45) is 2.92. The van der Waals surface area contributed by atoms with Gasteiger partial charge in [0.05, 0.1) is 0 Å². The summed E-state index contributed by atoms with van der Waals surface area (Å²) >= 11 is 0. The zero-order valence-electron chi connectivity index (χ0n) is 7.66. The molecule has 0 aromatic rings. The molecule has 76 valence electrons. The van der Waals surface area contributed by atoms with Gasteiger partial charge in [0.15, 0.2) is 0 Å². The number of hydrogen-bond donors (Lipinski definition) is 2. The molecule has 3 nitrogen and oxygen atoms in total. The highest BCUT2D eigenvalue weighted by Gasteiger charge is 2.06. The number of aliphatic carboxylic acids is 1. The Hall–Kier alpha value is -0.900. The third kappa shape index (κ3) is 6.28. The van der Waals surface area contributed by atoms with Gasteiger partial charge in [-0.25, -0.2) is 4.79 Å². The number of carboxylic acid groups (broad SMARTS) is 1. The molecular weight excluding hydrogens is 175 g/mol. The Kier molecular flexibility index (Phi) is 6.14. The first-order valence-corrected chi connectivity index (χ1v) is 4.27. The molecule has 0 unspecified atom stereocenters. The molecule has 2 N–H and O–H groups in total. The third-order valence-electron chi connectivity index (χ3n) is 1.76. The van der Waals surface area contributed by atoms with E-state index in [1.165, 1.54) is 0 Å². The van der Waals surface area contributed by atoms with E-state index in [0.29, 0.717) is 12.8 Å². The summed E-state index contributed by atoms with van der Waals surface area (Å²) in [5.74, 6) is -2.41. The predicted molar refractivity (Wildman–Crippen MR) is 46.9 cm³/mol. The number of aliphatic hydroxyl groups is 1. The normalized spacial score (nSPS) is 14.2. The smallest absolute Gasteiger partial charge is 0.364 e. The minimum atomic E-state index is -1.52. The van der Waals surface area contributed by atoms with Crippen LogP contribution in [0.1, 0.15) is 26.2 Å². The van der Waals surface area contributed by atoms with E-state index in [1.807, 2.05) is 6.92 Å². The molecule has 1 atom stereocenters. The second-order valence-corrected chi connectivity index (χ2v) is 3.06. The molecule has 0 aliphatic heterocycles. The fraction of sp³-hybridized carbons (Fsp3) is 0.667. The fourth-order valence-corrected chi connectivity index (χ4v) is 0.950. The SMILES string of the molecule is C[C@@H](C/C=C(/F)C(=O)O)CCCO. The van der Waals surface area contributed by atoms with Gasteiger partial charge in [-0.3, -0.25) is 0 Å². The van der Waals surface area contributed by atoms with E-state index >= 15 is 0 Å². The first-order valence-electron chi connectivity index (χ1n) is 4.27. The zero-order chi connectivity index (χ0) is 10.3. The van der Waals surface area contributed by atoms with Crippen molar-refractivity contribution in [2.45, 2.75) is 26.2 Å². The van der Waals surface area contributed by atoms with Crippen LogP contribution in [0.25, 0.3) is 0 Å². The Labute approximate surface area is 76.9 Å². The Morgan fingerprint density at radius 3 is 2.69 bits per heavy atom. The Morgan fingerprint density at radius 2 is 2.23 bits per heavy atom. The van der Waals surface area contributed by atoms with Crippen LogP contribution in [0, 0.1) is 5.92 Å². The van der Waals surface area contributed by atoms with Gasteiger partial charge < -0.3 is 10.2 Å². The zero-order valence-corrected chi connectivity index (χ0v) is 7.66. The van der Waals surface area contributed by atoms with Gasteiger partial charge in [-0.1, -0.05) is 6.92 Å². The lowest BCUT2D eigenvalue weighted by molar-refractivity contribution is -0.134. The number of aliphatic hydroxyl groups excluding tert-OH is 1. The largest absolute Gasteiger partial charge is 0.476 e. The number of allylic oxidation sites excluding steroid dienone is 1. The van der Waals surface area contributed by atoms with E-state index in [1.54, 1.807) is 0 Å². The van der Waals surface area contributed by atoms with E-state index in [0.717, 1.165) is 12.5 Å². The summed E-state index contributed by atoms with van der Waals surface area (Å²) < 4.78 is 12.4. The maximum absolute atomic E-state index is 12.4. The van der Waals surface area contributed by atoms with E-state index in [9.17, 15) is 9.18 Å². The topological polar surface area (TPSA) is 57.5 Å². The molecular formula is C9H15FO3. The van der Waals surface area contributed by atoms with Crippen LogP contribution in [-0.2, 0) is 4.79 Å². The monoisotopic (exact) mass is 190 g/mol. The highest BCUT2D eigenvalue weighted by molar-refractivity contribution is 5.83. The molecule has 0 saturated heterocycles. The molecule has 4 heteroatoms. The van der Waals surface area contributed by atoms with Crippen molar-refractivity contribution in [3.63, 3.8) is 0 Å². The van der Waals surface area contributed by atoms with E-state index in [4.69, 9.17) is 10.2 Å². The van der Waals surface area contributed by atoms with Gasteiger partial charge in [-0.15, -0.1) is 0 Å². The molecule has 0 aromatic heterocycles. The van der Waals surface area contributed by atoms with Gasteiger partial charge in [0, 0.05) is 6.61 Å². The average Bonchev–Trinajstić information content (AvgIpc) is 2.10. The molecule has 0 rings (SSSR count). The molecule has 0 amide bonds. The number of carbonyl (C=O) groups is 1. The Morgan fingerprint density at radius 1 is 1.62 bits per heavy atom. The molecule has 0 aliphatic carbocycles. The van der Waals surface area contributed by atoms with Crippen LogP contribution in [-0.4, -0.2) is 22.8 Å². The van der Waals surface area contributed by atoms with Gasteiger partial charge in [0.25, 0.3) is 0 Å². The molecule has 0 aliphatic rings. The van der Waals surface area contributed by atoms with Crippen molar-refractivity contribution in [3.05, 3.63) is 11.9 Å². The first-order chi connectivity index (χ1) is 6.07. The van der Waals surface area contributed by atoms with Crippen molar-refractivity contribution in [2.75, 3.05) is 6.61 Å². The number of carboxylic acids is 1. The summed E-state index contributed by atoms with van der Waals surface area (Å²) in [7, 11) is 0. The highest BCUT2D eigenvalue weighted by atomic mass is 19.1. The van der Waals surface area contributed by atoms with Crippen molar-refractivity contribution in [2.24, 2.45) is 5.92 Å². The predicted octanol–water partition coefficient (Wildman–Crippen LogP) is 1.72. The molecule has 0 heterocycles. The standard InChI is InChI=1S/C9H15FO3/c1-7(3-2-6-11)4-5-8(10)9(12)13/h5,7,11H,2-4,6H2,1H3,(H,12,13)/b8-5+/t7-/m1/s1. The van der Waals surface area contributed by atoms with E-state index < -0.39 is 11.8 Å². The van der Waals surface area contributed by atoms with Crippen molar-refractivity contribution in [1.82, 2.24) is 0 Å². The quantitative estimate of drug-likeness (QED) is 0.627. The maximum Gasteiger partial charge on any atom is 0.364 e. The van der Waals surface area contributed by atoms with Crippen LogP contribution < -0.4 is 0 Å². The third-order valence-corrected chi connectivity index (χ3v) is 1.76. The lowest BCUT2D eigenvalue weighted by atomic mass is 10.0. The summed E-state index contributed by atoms with van der Waals surface area (Å²) in [6.45, 7) is 2.01. The number of halogens is 1. The van der Waals surface area contributed by atoms with Gasteiger partial charge in [-0.05, 0) is 31.3 Å². The van der Waals surface area contributed by atoms with Crippen molar-refractivity contribution in [3.8, 4) is 0 Å². The van der Waals surface area contributed by atoms with Crippen LogP contribution in [0.4, 0.5) is 4.39 Å². The fourth-order valence-electron chi connectivity index (χ4n) is 0.950. The summed E-state index contributed by atoms with van der Waals surface area (Å²) in [5, 5.41) is 16.7. The van der Waals surface area contributed by atoms with Crippen molar-refractivity contribution >= 4 is 5.97 Å². The summed E-state index contributed by atoms with van der Waals surface area (Å²) in [6, 6.07) is 0. The lowest BCUT2D eigenvalue weighted by Gasteiger charge is -2.05. The van der Waals surface area contributed by atoms with Gasteiger partial charge in [0.1, 0.15) is 0 Å². The summed E-state index contributed by atoms with van der Waals surface area (Å²) in [5.41, 5.74) is 0. The van der Waals surface area contributed by atoms with Gasteiger partial charge in [-0.2, -0.15) is 4.39 Å². The van der Waals surface area contributed by atoms with Gasteiger partial charge in [0.2, 0.25) is 5.83 Å². The molecule has 0 saturated carbocycles. The molecule has 0 spiro atoms. The lowest BCUT2D eigenvalue weighted by Crippen LogP contribution is -1.98. The minimum absolute atomic E-state index is 0.121. The van der Waals surface area contributed by atoms with Crippen molar-refractivity contribution in [1.29, 1.82) is 0 Å². The molecule has 0 aromatic carbocycles. The molecule has 0 fully saturated rings. The molecule has 0 bridgehead atoms. The van der Waals surface area contributed by atoms with Crippen LogP contribution in [0.15, 0.2) is 11.9 Å². The number of hydrogen-bond acceptors (Lipinski definition) is 2. The number of rotatable bonds is 6. The molecule has 13 heavy (non-hydrogen) atoms. The Bertz CT molecular complexity index is 189. The summed E-state index contributed by atoms with van der Waals surface area (Å²) in [4.78, 5) is 10.0. The highest BCUT2D eigenvalue weighted by Crippen LogP contribution is 2.12. The van der Waals surface area contributed by atoms with Crippen LogP contribution in [0.2, 0.25) is 0 Å². The second kappa shape index (κ2) is 6.60. The Balaban J connectivity index is 3.73. The van der Waals surface area contributed by atoms with E-state index in [-0.39, 0.29) is 12.5 Å². The van der Waals surface area contributed by atoms with Crippen molar-refractivity contribution < 1.29 is 19.4 Å². The van der Waals surface area contributed by atoms with Crippen LogP contribution in [0.5, 0.6) is 0 Å². The maximum atomic E-state index is 12.4. The van der Waals surface area contributed by atoms with E-state index in [2.05, 4.69) is 0 Å². The second-order valence-electron chi connectivity index (χ2n) is 3.06. The average molecular weight is 190 g/mol. The first kappa shape index (κ1) is 12.1. The minimum Gasteiger partial charge on any atom is -0.476 e. The van der Waals surface area contributed by atoms with Crippen LogP contribution >= 0.6 is 0 Å². The van der Waals surface area contributed by atoms with Crippen LogP contribution in [0.3, 0.4) is 0 Å².